The fraction of sp³-hybridized carbons (Fsp3) is 0.421. The predicted molar refractivity (Wildman–Crippen MR) is 94.8 cm³/mol. The molecule has 0 amide bonds. The van der Waals surface area contributed by atoms with E-state index in [-0.39, 0.29) is 5.97 Å². The fourth-order valence-electron chi connectivity index (χ4n) is 3.04. The Balaban J connectivity index is 2.18. The summed E-state index contributed by atoms with van der Waals surface area (Å²) in [6, 6.07) is 8.03. The quantitative estimate of drug-likeness (QED) is 0.671. The molecule has 3 rings (SSSR count). The lowest BCUT2D eigenvalue weighted by Crippen LogP contribution is -2.32. The third kappa shape index (κ3) is 2.75. The maximum Gasteiger partial charge on any atom is 0.313 e. The van der Waals surface area contributed by atoms with Crippen molar-refractivity contribution >= 4 is 27.9 Å². The average Bonchev–Trinajstić information content (AvgIpc) is 2.92. The van der Waals surface area contributed by atoms with Crippen molar-refractivity contribution < 1.29 is 9.53 Å². The van der Waals surface area contributed by atoms with Crippen LogP contribution in [0.1, 0.15) is 33.5 Å². The smallest absolute Gasteiger partial charge is 0.313 e. The minimum Gasteiger partial charge on any atom is -0.466 e. The summed E-state index contributed by atoms with van der Waals surface area (Å²) in [5.41, 5.74) is 2.21. The molecule has 1 aromatic carbocycles. The molecule has 0 fully saturated rings. The van der Waals surface area contributed by atoms with E-state index in [1.54, 1.807) is 0 Å². The molecule has 0 aliphatic carbocycles. The Bertz CT molecular complexity index is 896. The van der Waals surface area contributed by atoms with Crippen molar-refractivity contribution in [2.75, 3.05) is 6.61 Å². The average molecular weight is 325 g/mol. The molecule has 0 unspecified atom stereocenters. The largest absolute Gasteiger partial charge is 0.466 e. The van der Waals surface area contributed by atoms with Gasteiger partial charge in [0, 0.05) is 18.4 Å². The van der Waals surface area contributed by atoms with E-state index in [2.05, 4.69) is 22.5 Å². The summed E-state index contributed by atoms with van der Waals surface area (Å²) in [6.45, 7) is 8.65. The van der Waals surface area contributed by atoms with E-state index < -0.39 is 5.41 Å². The lowest BCUT2D eigenvalue weighted by molar-refractivity contribution is -0.154. The van der Waals surface area contributed by atoms with Gasteiger partial charge >= 0.3 is 5.97 Å². The second kappa shape index (κ2) is 6.23. The molecule has 0 bridgehead atoms. The highest BCUT2D eigenvalue weighted by molar-refractivity contribution is 6.02. The van der Waals surface area contributed by atoms with E-state index in [9.17, 15) is 4.79 Å². The van der Waals surface area contributed by atoms with Gasteiger partial charge in [0.05, 0.1) is 29.3 Å². The number of hydrogen-bond acceptors (Lipinski definition) is 4. The number of nitrogens with zero attached hydrogens (tertiary/aromatic N) is 3. The number of aryl methyl sites for hydroxylation is 1. The highest BCUT2D eigenvalue weighted by atomic mass is 16.5. The Morgan fingerprint density at radius 1 is 1.21 bits per heavy atom. The third-order valence-corrected chi connectivity index (χ3v) is 4.26. The number of hydrogen-bond donors (Lipinski definition) is 0. The molecule has 126 valence electrons. The molecule has 5 heteroatoms. The molecule has 3 aromatic rings. The predicted octanol–water partition coefficient (Wildman–Crippen LogP) is 3.74. The van der Waals surface area contributed by atoms with Crippen LogP contribution < -0.4 is 0 Å². The number of carbonyl (C=O) groups excluding carboxylic acids is 1. The second-order valence-corrected chi connectivity index (χ2v) is 6.58. The van der Waals surface area contributed by atoms with Crippen LogP contribution in [0.2, 0.25) is 0 Å². The van der Waals surface area contributed by atoms with Gasteiger partial charge in [0.1, 0.15) is 11.3 Å². The summed E-state index contributed by atoms with van der Waals surface area (Å²) in [5, 5.41) is 1.06. The number of esters is 1. The molecule has 0 radical (unpaired) electrons. The number of para-hydroxylation sites is 1. The minimum absolute atomic E-state index is 0.188. The Labute approximate surface area is 141 Å². The molecule has 2 heterocycles. The van der Waals surface area contributed by atoms with Crippen molar-refractivity contribution in [1.29, 1.82) is 0 Å². The second-order valence-electron chi connectivity index (χ2n) is 6.58. The van der Waals surface area contributed by atoms with Gasteiger partial charge in [-0.25, -0.2) is 4.98 Å². The minimum atomic E-state index is -0.627. The SMILES string of the molecule is CCOC(=O)C(C)(C)Cn1c(CC)nc2cnc3ccccc3c21. The molecule has 0 N–H and O–H groups in total. The zero-order valence-electron chi connectivity index (χ0n) is 14.7. The summed E-state index contributed by atoms with van der Waals surface area (Å²) in [4.78, 5) is 21.5. The number of pyridine rings is 1. The van der Waals surface area contributed by atoms with Crippen molar-refractivity contribution in [3.05, 3.63) is 36.3 Å². The monoisotopic (exact) mass is 325 g/mol. The van der Waals surface area contributed by atoms with Crippen molar-refractivity contribution in [2.24, 2.45) is 5.41 Å². The van der Waals surface area contributed by atoms with Gasteiger partial charge in [0.2, 0.25) is 0 Å². The van der Waals surface area contributed by atoms with Crippen LogP contribution in [0.15, 0.2) is 30.5 Å². The van der Waals surface area contributed by atoms with Gasteiger partial charge in [-0.05, 0) is 26.8 Å². The summed E-state index contributed by atoms with van der Waals surface area (Å²) in [5.74, 6) is 0.771. The van der Waals surface area contributed by atoms with Crippen molar-refractivity contribution in [1.82, 2.24) is 14.5 Å². The first-order valence-electron chi connectivity index (χ1n) is 8.38. The van der Waals surface area contributed by atoms with Crippen LogP contribution in [0.5, 0.6) is 0 Å². The molecule has 0 saturated heterocycles. The van der Waals surface area contributed by atoms with Gasteiger partial charge in [-0.15, -0.1) is 0 Å². The zero-order valence-corrected chi connectivity index (χ0v) is 14.7. The lowest BCUT2D eigenvalue weighted by atomic mass is 9.93. The molecule has 0 aliphatic heterocycles. The summed E-state index contributed by atoms with van der Waals surface area (Å²) in [6.07, 6.45) is 2.60. The Morgan fingerprint density at radius 2 is 1.96 bits per heavy atom. The van der Waals surface area contributed by atoms with Crippen LogP contribution in [0.25, 0.3) is 21.9 Å². The van der Waals surface area contributed by atoms with Gasteiger partial charge in [-0.3, -0.25) is 9.78 Å². The van der Waals surface area contributed by atoms with E-state index in [4.69, 9.17) is 9.72 Å². The molecule has 5 nitrogen and oxygen atoms in total. The highest BCUT2D eigenvalue weighted by Gasteiger charge is 2.31. The molecule has 0 atom stereocenters. The summed E-state index contributed by atoms with van der Waals surface area (Å²) in [7, 11) is 0. The van der Waals surface area contributed by atoms with Crippen molar-refractivity contribution in [3.63, 3.8) is 0 Å². The lowest BCUT2D eigenvalue weighted by Gasteiger charge is -2.24. The van der Waals surface area contributed by atoms with Crippen molar-refractivity contribution in [2.45, 2.75) is 40.7 Å². The van der Waals surface area contributed by atoms with E-state index in [0.717, 1.165) is 34.2 Å². The van der Waals surface area contributed by atoms with Crippen LogP contribution >= 0.6 is 0 Å². The highest BCUT2D eigenvalue weighted by Crippen LogP contribution is 2.29. The molecule has 24 heavy (non-hydrogen) atoms. The van der Waals surface area contributed by atoms with Gasteiger partial charge in [0.15, 0.2) is 0 Å². The normalized spacial score (nSPS) is 12.0. The van der Waals surface area contributed by atoms with Gasteiger partial charge in [0.25, 0.3) is 0 Å². The molecular formula is C19H23N3O2. The van der Waals surface area contributed by atoms with Gasteiger partial charge in [-0.2, -0.15) is 0 Å². The molecule has 0 aliphatic rings. The number of rotatable bonds is 5. The Morgan fingerprint density at radius 3 is 2.67 bits per heavy atom. The maximum atomic E-state index is 12.3. The topological polar surface area (TPSA) is 57.0 Å². The molecule has 0 spiro atoms. The Kier molecular flexibility index (Phi) is 4.26. The molecular weight excluding hydrogens is 302 g/mol. The maximum absolute atomic E-state index is 12.3. The fourth-order valence-corrected chi connectivity index (χ4v) is 3.04. The molecule has 2 aromatic heterocycles. The number of imidazole rings is 1. The Hall–Kier alpha value is -2.43. The standard InChI is InChI=1S/C19H23N3O2/c1-5-16-21-15-11-20-14-10-8-7-9-13(14)17(15)22(16)12-19(3,4)18(23)24-6-2/h7-11H,5-6,12H2,1-4H3. The first-order chi connectivity index (χ1) is 11.5. The zero-order chi connectivity index (χ0) is 17.3. The van der Waals surface area contributed by atoms with E-state index in [0.29, 0.717) is 13.2 Å². The van der Waals surface area contributed by atoms with Crippen LogP contribution in [0, 0.1) is 5.41 Å². The summed E-state index contributed by atoms with van der Waals surface area (Å²) < 4.78 is 7.39. The van der Waals surface area contributed by atoms with Gasteiger partial charge < -0.3 is 9.30 Å². The first-order valence-corrected chi connectivity index (χ1v) is 8.38. The summed E-state index contributed by atoms with van der Waals surface area (Å²) >= 11 is 0. The van der Waals surface area contributed by atoms with E-state index >= 15 is 0 Å². The van der Waals surface area contributed by atoms with Crippen molar-refractivity contribution in [3.8, 4) is 0 Å². The number of benzene rings is 1. The first kappa shape index (κ1) is 16.4. The number of ether oxygens (including phenoxy) is 1. The number of aromatic nitrogens is 3. The van der Waals surface area contributed by atoms with Crippen LogP contribution in [0.3, 0.4) is 0 Å². The van der Waals surface area contributed by atoms with E-state index in [1.807, 2.05) is 45.2 Å². The van der Waals surface area contributed by atoms with Crippen LogP contribution in [-0.4, -0.2) is 27.1 Å². The van der Waals surface area contributed by atoms with Crippen LogP contribution in [-0.2, 0) is 22.5 Å². The molecule has 0 saturated carbocycles. The number of carbonyl (C=O) groups is 1. The third-order valence-electron chi connectivity index (χ3n) is 4.26. The van der Waals surface area contributed by atoms with E-state index in [1.165, 1.54) is 0 Å². The van der Waals surface area contributed by atoms with Gasteiger partial charge in [-0.1, -0.05) is 25.1 Å². The van der Waals surface area contributed by atoms with Crippen LogP contribution in [0.4, 0.5) is 0 Å². The number of fused-ring (bicyclic) bond motifs is 3.